The van der Waals surface area contributed by atoms with Crippen LogP contribution in [0.2, 0.25) is 0 Å². The molecule has 0 spiro atoms. The fourth-order valence-corrected chi connectivity index (χ4v) is 2.17. The highest BCUT2D eigenvalue weighted by molar-refractivity contribution is 5.92. The third-order valence-corrected chi connectivity index (χ3v) is 3.26. The van der Waals surface area contributed by atoms with E-state index in [0.29, 0.717) is 31.9 Å². The van der Waals surface area contributed by atoms with E-state index in [2.05, 4.69) is 5.16 Å². The molecule has 0 aromatic carbocycles. The first-order chi connectivity index (χ1) is 8.97. The van der Waals surface area contributed by atoms with Crippen molar-refractivity contribution < 1.29 is 14.1 Å². The maximum absolute atomic E-state index is 12.3. The van der Waals surface area contributed by atoms with E-state index in [4.69, 9.17) is 10.3 Å². The molecule has 1 atom stereocenters. The van der Waals surface area contributed by atoms with Crippen molar-refractivity contribution in [2.75, 3.05) is 33.2 Å². The lowest BCUT2D eigenvalue weighted by Gasteiger charge is -2.21. The van der Waals surface area contributed by atoms with E-state index in [1.807, 2.05) is 11.9 Å². The van der Waals surface area contributed by atoms with Gasteiger partial charge in [0, 0.05) is 32.2 Å². The summed E-state index contributed by atoms with van der Waals surface area (Å²) in [5.74, 6) is -0.382. The molecular weight excluding hydrogens is 248 g/mol. The van der Waals surface area contributed by atoms with Crippen LogP contribution in [0.1, 0.15) is 16.2 Å². The highest BCUT2D eigenvalue weighted by Gasteiger charge is 2.29. The van der Waals surface area contributed by atoms with Gasteiger partial charge in [0.1, 0.15) is 5.76 Å². The number of hydrogen-bond donors (Lipinski definition) is 1. The van der Waals surface area contributed by atoms with Gasteiger partial charge in [0.05, 0.1) is 5.92 Å². The lowest BCUT2D eigenvalue weighted by atomic mass is 10.1. The molecule has 7 nitrogen and oxygen atoms in total. The second-order valence-corrected chi connectivity index (χ2v) is 4.94. The molecule has 1 aromatic rings. The van der Waals surface area contributed by atoms with Gasteiger partial charge in [-0.25, -0.2) is 0 Å². The molecule has 0 radical (unpaired) electrons. The summed E-state index contributed by atoms with van der Waals surface area (Å²) in [6.07, 6.45) is 0. The van der Waals surface area contributed by atoms with Gasteiger partial charge >= 0.3 is 0 Å². The minimum atomic E-state index is -0.386. The third-order valence-electron chi connectivity index (χ3n) is 3.26. The highest BCUT2D eigenvalue weighted by atomic mass is 16.5. The largest absolute Gasteiger partial charge is 0.369 e. The van der Waals surface area contributed by atoms with Crippen LogP contribution in [-0.4, -0.2) is 60.0 Å². The second-order valence-electron chi connectivity index (χ2n) is 4.94. The molecule has 1 aliphatic rings. The monoisotopic (exact) mass is 266 g/mol. The Morgan fingerprint density at radius 1 is 1.42 bits per heavy atom. The topological polar surface area (TPSA) is 92.7 Å². The number of likely N-dealkylation sites (N-methyl/N-ethyl adjacent to an activating group) is 1. The normalized spacial score (nSPS) is 21.2. The zero-order valence-electron chi connectivity index (χ0n) is 11.1. The number of hydrogen-bond acceptors (Lipinski definition) is 5. The number of rotatable bonds is 2. The summed E-state index contributed by atoms with van der Waals surface area (Å²) in [5.41, 5.74) is 5.64. The van der Waals surface area contributed by atoms with Crippen molar-refractivity contribution in [2.45, 2.75) is 6.92 Å². The van der Waals surface area contributed by atoms with Crippen molar-refractivity contribution >= 4 is 11.8 Å². The molecule has 1 unspecified atom stereocenters. The Hall–Kier alpha value is -1.89. The fraction of sp³-hybridized carbons (Fsp3) is 0.583. The number of nitrogens with zero attached hydrogens (tertiary/aromatic N) is 3. The first-order valence-electron chi connectivity index (χ1n) is 6.18. The van der Waals surface area contributed by atoms with E-state index in [1.165, 1.54) is 0 Å². The van der Waals surface area contributed by atoms with E-state index in [9.17, 15) is 9.59 Å². The molecule has 1 aliphatic heterocycles. The van der Waals surface area contributed by atoms with Crippen LogP contribution in [0.5, 0.6) is 0 Å². The lowest BCUT2D eigenvalue weighted by molar-refractivity contribution is -0.122. The Labute approximate surface area is 111 Å². The summed E-state index contributed by atoms with van der Waals surface area (Å²) in [6, 6.07) is 1.59. The molecule has 1 fully saturated rings. The predicted octanol–water partition coefficient (Wildman–Crippen LogP) is -0.528. The first-order valence-corrected chi connectivity index (χ1v) is 6.18. The standard InChI is InChI=1S/C12H18N4O3/c1-8-5-10(14-19-8)12(18)16-4-3-15(2)6-9(7-16)11(13)17/h5,9H,3-4,6-7H2,1-2H3,(H2,13,17). The molecule has 2 heterocycles. The first kappa shape index (κ1) is 13.5. The van der Waals surface area contributed by atoms with Gasteiger partial charge in [0.25, 0.3) is 5.91 Å². The number of amides is 2. The summed E-state index contributed by atoms with van der Waals surface area (Å²) >= 11 is 0. The average Bonchev–Trinajstić information content (AvgIpc) is 2.68. The Bertz CT molecular complexity index is 485. The fourth-order valence-electron chi connectivity index (χ4n) is 2.17. The third kappa shape index (κ3) is 3.11. The van der Waals surface area contributed by atoms with Crippen LogP contribution < -0.4 is 5.73 Å². The lowest BCUT2D eigenvalue weighted by Crippen LogP contribution is -2.40. The summed E-state index contributed by atoms with van der Waals surface area (Å²) in [5, 5.41) is 3.71. The molecule has 2 N–H and O–H groups in total. The van der Waals surface area contributed by atoms with E-state index in [-0.39, 0.29) is 23.4 Å². The van der Waals surface area contributed by atoms with Gasteiger partial charge < -0.3 is 20.1 Å². The van der Waals surface area contributed by atoms with Gasteiger partial charge in [0.15, 0.2) is 5.69 Å². The number of nitrogens with two attached hydrogens (primary N) is 1. The van der Waals surface area contributed by atoms with E-state index < -0.39 is 0 Å². The SMILES string of the molecule is Cc1cc(C(=O)N2CCN(C)CC(C(N)=O)C2)no1. The minimum Gasteiger partial charge on any atom is -0.369 e. The van der Waals surface area contributed by atoms with Crippen LogP contribution in [0.4, 0.5) is 0 Å². The molecule has 19 heavy (non-hydrogen) atoms. The maximum Gasteiger partial charge on any atom is 0.276 e. The van der Waals surface area contributed by atoms with Gasteiger partial charge in [-0.1, -0.05) is 5.16 Å². The second kappa shape index (κ2) is 5.40. The van der Waals surface area contributed by atoms with Crippen LogP contribution in [0.3, 0.4) is 0 Å². The zero-order chi connectivity index (χ0) is 14.0. The minimum absolute atomic E-state index is 0.224. The van der Waals surface area contributed by atoms with E-state index in [0.717, 1.165) is 0 Å². The molecule has 0 aliphatic carbocycles. The van der Waals surface area contributed by atoms with Crippen molar-refractivity contribution in [3.63, 3.8) is 0 Å². The Balaban J connectivity index is 2.14. The molecule has 2 amide bonds. The van der Waals surface area contributed by atoms with Crippen molar-refractivity contribution in [3.8, 4) is 0 Å². The molecule has 7 heteroatoms. The van der Waals surface area contributed by atoms with Crippen LogP contribution in [-0.2, 0) is 4.79 Å². The van der Waals surface area contributed by atoms with Crippen molar-refractivity contribution in [1.29, 1.82) is 0 Å². The van der Waals surface area contributed by atoms with Crippen LogP contribution >= 0.6 is 0 Å². The molecule has 0 saturated carbocycles. The average molecular weight is 266 g/mol. The van der Waals surface area contributed by atoms with Crippen molar-refractivity contribution in [3.05, 3.63) is 17.5 Å². The molecule has 104 valence electrons. The Kier molecular flexibility index (Phi) is 3.84. The van der Waals surface area contributed by atoms with Gasteiger partial charge in [-0.15, -0.1) is 0 Å². The van der Waals surface area contributed by atoms with Crippen LogP contribution in [0.15, 0.2) is 10.6 Å². The van der Waals surface area contributed by atoms with Gasteiger partial charge in [0.2, 0.25) is 5.91 Å². The van der Waals surface area contributed by atoms with E-state index >= 15 is 0 Å². The molecular formula is C12H18N4O3. The quantitative estimate of drug-likeness (QED) is 0.777. The number of primary amides is 1. The summed E-state index contributed by atoms with van der Waals surface area (Å²) in [7, 11) is 1.91. The van der Waals surface area contributed by atoms with Crippen molar-refractivity contribution in [2.24, 2.45) is 11.7 Å². The van der Waals surface area contributed by atoms with Gasteiger partial charge in [-0.05, 0) is 14.0 Å². The molecule has 0 bridgehead atoms. The number of aryl methyl sites for hydroxylation is 1. The predicted molar refractivity (Wildman–Crippen MR) is 67.3 cm³/mol. The highest BCUT2D eigenvalue weighted by Crippen LogP contribution is 2.12. The van der Waals surface area contributed by atoms with Crippen LogP contribution in [0, 0.1) is 12.8 Å². The van der Waals surface area contributed by atoms with Gasteiger partial charge in [-0.2, -0.15) is 0 Å². The number of carbonyl (C=O) groups excluding carboxylic acids is 2. The summed E-state index contributed by atoms with van der Waals surface area (Å²) in [6.45, 7) is 3.87. The zero-order valence-corrected chi connectivity index (χ0v) is 11.1. The number of carbonyl (C=O) groups is 2. The van der Waals surface area contributed by atoms with E-state index in [1.54, 1.807) is 17.9 Å². The summed E-state index contributed by atoms with van der Waals surface area (Å²) < 4.78 is 4.90. The van der Waals surface area contributed by atoms with Crippen molar-refractivity contribution in [1.82, 2.24) is 15.0 Å². The van der Waals surface area contributed by atoms with Gasteiger partial charge in [-0.3, -0.25) is 9.59 Å². The Morgan fingerprint density at radius 3 is 2.74 bits per heavy atom. The molecule has 1 aromatic heterocycles. The molecule has 1 saturated heterocycles. The molecule has 2 rings (SSSR count). The summed E-state index contributed by atoms with van der Waals surface area (Å²) in [4.78, 5) is 27.3. The van der Waals surface area contributed by atoms with Crippen LogP contribution in [0.25, 0.3) is 0 Å². The maximum atomic E-state index is 12.3. The Morgan fingerprint density at radius 2 is 2.16 bits per heavy atom. The smallest absolute Gasteiger partial charge is 0.276 e. The number of aromatic nitrogens is 1.